The van der Waals surface area contributed by atoms with Gasteiger partial charge < -0.3 is 10.6 Å². The molecule has 2 heterocycles. The summed E-state index contributed by atoms with van der Waals surface area (Å²) in [5.41, 5.74) is 5.95. The number of amides is 1. The van der Waals surface area contributed by atoms with Gasteiger partial charge in [-0.05, 0) is 33.2 Å². The van der Waals surface area contributed by atoms with E-state index in [2.05, 4.69) is 9.80 Å². The second-order valence-electron chi connectivity index (χ2n) is 5.99. The minimum absolute atomic E-state index is 0.214. The fourth-order valence-electron chi connectivity index (χ4n) is 3.62. The van der Waals surface area contributed by atoms with Crippen LogP contribution in [0.25, 0.3) is 0 Å². The molecule has 20 heavy (non-hydrogen) atoms. The van der Waals surface area contributed by atoms with E-state index in [9.17, 15) is 4.79 Å². The number of hydrogen-bond donors (Lipinski definition) is 1. The molecule has 2 aliphatic heterocycles. The summed E-state index contributed by atoms with van der Waals surface area (Å²) in [6.07, 6.45) is 3.20. The molecule has 116 valence electrons. The number of piperazine rings is 1. The third-order valence-electron chi connectivity index (χ3n) is 4.93. The van der Waals surface area contributed by atoms with Crippen molar-refractivity contribution in [1.82, 2.24) is 14.7 Å². The summed E-state index contributed by atoms with van der Waals surface area (Å²) in [7, 11) is 0. The van der Waals surface area contributed by atoms with Crippen LogP contribution in [0.5, 0.6) is 0 Å². The summed E-state index contributed by atoms with van der Waals surface area (Å²) in [6, 6.07) is 0.909. The molecule has 2 aliphatic rings. The Morgan fingerprint density at radius 3 is 2.70 bits per heavy atom. The first-order valence-electron chi connectivity index (χ1n) is 8.15. The van der Waals surface area contributed by atoms with Gasteiger partial charge in [0.25, 0.3) is 0 Å². The van der Waals surface area contributed by atoms with Crippen LogP contribution in [0.4, 0.5) is 0 Å². The number of carbonyl (C=O) groups is 1. The van der Waals surface area contributed by atoms with E-state index < -0.39 is 0 Å². The number of carbonyl (C=O) groups excluding carboxylic acids is 1. The lowest BCUT2D eigenvalue weighted by Gasteiger charge is -2.41. The Balaban J connectivity index is 1.89. The van der Waals surface area contributed by atoms with Gasteiger partial charge >= 0.3 is 0 Å². The van der Waals surface area contributed by atoms with Crippen molar-refractivity contribution in [3.05, 3.63) is 0 Å². The number of fused-ring (bicyclic) bond motifs is 1. The first-order chi connectivity index (χ1) is 9.69. The molecule has 0 aliphatic carbocycles. The highest BCUT2D eigenvalue weighted by Crippen LogP contribution is 2.23. The SMILES string of the molecule is CCN(CC)C(=O)CC(CN)N1CCN2CCCC2C1. The maximum atomic E-state index is 12.3. The molecule has 2 rings (SSSR count). The molecule has 2 saturated heterocycles. The zero-order valence-electron chi connectivity index (χ0n) is 13.1. The normalized spacial score (nSPS) is 25.4. The van der Waals surface area contributed by atoms with E-state index in [1.54, 1.807) is 0 Å². The summed E-state index contributed by atoms with van der Waals surface area (Å²) in [6.45, 7) is 10.8. The molecular formula is C15H30N4O. The molecule has 2 atom stereocenters. The largest absolute Gasteiger partial charge is 0.343 e. The molecule has 5 nitrogen and oxygen atoms in total. The summed E-state index contributed by atoms with van der Waals surface area (Å²) in [5.74, 6) is 0.249. The van der Waals surface area contributed by atoms with Crippen molar-refractivity contribution in [3.63, 3.8) is 0 Å². The van der Waals surface area contributed by atoms with E-state index in [1.165, 1.54) is 19.4 Å². The van der Waals surface area contributed by atoms with Gasteiger partial charge in [-0.15, -0.1) is 0 Å². The van der Waals surface area contributed by atoms with Crippen molar-refractivity contribution in [2.45, 2.75) is 45.2 Å². The molecule has 0 saturated carbocycles. The molecule has 0 spiro atoms. The topological polar surface area (TPSA) is 52.8 Å². The highest BCUT2D eigenvalue weighted by molar-refractivity contribution is 5.76. The maximum Gasteiger partial charge on any atom is 0.224 e. The van der Waals surface area contributed by atoms with E-state index in [4.69, 9.17) is 5.73 Å². The van der Waals surface area contributed by atoms with E-state index in [1.807, 2.05) is 18.7 Å². The van der Waals surface area contributed by atoms with E-state index in [-0.39, 0.29) is 11.9 Å². The molecule has 2 unspecified atom stereocenters. The van der Waals surface area contributed by atoms with Crippen LogP contribution in [0.2, 0.25) is 0 Å². The van der Waals surface area contributed by atoms with Crippen LogP contribution in [0.3, 0.4) is 0 Å². The average molecular weight is 282 g/mol. The predicted octanol–water partition coefficient (Wildman–Crippen LogP) is 0.352. The summed E-state index contributed by atoms with van der Waals surface area (Å²) >= 11 is 0. The molecule has 0 aromatic rings. The van der Waals surface area contributed by atoms with Gasteiger partial charge in [0.05, 0.1) is 0 Å². The maximum absolute atomic E-state index is 12.3. The van der Waals surface area contributed by atoms with E-state index in [0.717, 1.165) is 32.7 Å². The van der Waals surface area contributed by atoms with Gasteiger partial charge in [-0.2, -0.15) is 0 Å². The molecule has 0 radical (unpaired) electrons. The summed E-state index contributed by atoms with van der Waals surface area (Å²) in [4.78, 5) is 19.2. The Bertz CT molecular complexity index is 319. The third kappa shape index (κ3) is 3.51. The zero-order valence-corrected chi connectivity index (χ0v) is 13.1. The van der Waals surface area contributed by atoms with Gasteiger partial charge in [-0.1, -0.05) is 0 Å². The highest BCUT2D eigenvalue weighted by atomic mass is 16.2. The Morgan fingerprint density at radius 1 is 1.30 bits per heavy atom. The van der Waals surface area contributed by atoms with Gasteiger partial charge in [0, 0.05) is 57.8 Å². The van der Waals surface area contributed by atoms with Crippen molar-refractivity contribution < 1.29 is 4.79 Å². The van der Waals surface area contributed by atoms with Crippen molar-refractivity contribution in [3.8, 4) is 0 Å². The molecule has 0 aromatic carbocycles. The standard InChI is InChI=1S/C15H30N4O/c1-3-17(4-2)15(20)10-14(11-16)19-9-8-18-7-5-6-13(18)12-19/h13-14H,3-12,16H2,1-2H3. The van der Waals surface area contributed by atoms with Gasteiger partial charge in [0.2, 0.25) is 5.91 Å². The lowest BCUT2D eigenvalue weighted by Crippen LogP contribution is -2.56. The summed E-state index contributed by atoms with van der Waals surface area (Å²) in [5, 5.41) is 0. The summed E-state index contributed by atoms with van der Waals surface area (Å²) < 4.78 is 0. The van der Waals surface area contributed by atoms with Crippen LogP contribution in [-0.2, 0) is 4.79 Å². The Hall–Kier alpha value is -0.650. The predicted molar refractivity (Wildman–Crippen MR) is 81.6 cm³/mol. The van der Waals surface area contributed by atoms with Crippen LogP contribution in [0.1, 0.15) is 33.1 Å². The second-order valence-corrected chi connectivity index (χ2v) is 5.99. The lowest BCUT2D eigenvalue weighted by molar-refractivity contribution is -0.132. The highest BCUT2D eigenvalue weighted by Gasteiger charge is 2.33. The molecule has 0 aromatic heterocycles. The molecule has 1 amide bonds. The van der Waals surface area contributed by atoms with Crippen LogP contribution in [0.15, 0.2) is 0 Å². The Morgan fingerprint density at radius 2 is 2.05 bits per heavy atom. The molecular weight excluding hydrogens is 252 g/mol. The smallest absolute Gasteiger partial charge is 0.224 e. The van der Waals surface area contributed by atoms with E-state index >= 15 is 0 Å². The second kappa shape index (κ2) is 7.38. The van der Waals surface area contributed by atoms with Crippen molar-refractivity contribution >= 4 is 5.91 Å². The molecule has 2 N–H and O–H groups in total. The van der Waals surface area contributed by atoms with E-state index in [0.29, 0.717) is 19.0 Å². The van der Waals surface area contributed by atoms with Gasteiger partial charge in [-0.25, -0.2) is 0 Å². The average Bonchev–Trinajstić information content (AvgIpc) is 2.93. The molecule has 0 bridgehead atoms. The quantitative estimate of drug-likeness (QED) is 0.764. The van der Waals surface area contributed by atoms with Crippen molar-refractivity contribution in [2.24, 2.45) is 5.73 Å². The monoisotopic (exact) mass is 282 g/mol. The first-order valence-corrected chi connectivity index (χ1v) is 8.15. The van der Waals surface area contributed by atoms with Crippen LogP contribution in [0, 0.1) is 0 Å². The fraction of sp³-hybridized carbons (Fsp3) is 0.933. The van der Waals surface area contributed by atoms with Crippen LogP contribution < -0.4 is 5.73 Å². The minimum atomic E-state index is 0.214. The number of nitrogens with two attached hydrogens (primary N) is 1. The third-order valence-corrected chi connectivity index (χ3v) is 4.93. The zero-order chi connectivity index (χ0) is 14.5. The lowest BCUT2D eigenvalue weighted by atomic mass is 10.1. The van der Waals surface area contributed by atoms with Crippen LogP contribution >= 0.6 is 0 Å². The minimum Gasteiger partial charge on any atom is -0.343 e. The van der Waals surface area contributed by atoms with Gasteiger partial charge in [0.15, 0.2) is 0 Å². The van der Waals surface area contributed by atoms with Crippen molar-refractivity contribution in [2.75, 3.05) is 45.8 Å². The number of hydrogen-bond acceptors (Lipinski definition) is 4. The van der Waals surface area contributed by atoms with Gasteiger partial charge in [-0.3, -0.25) is 14.6 Å². The first kappa shape index (κ1) is 15.7. The Kier molecular flexibility index (Phi) is 5.81. The molecule has 2 fully saturated rings. The fourth-order valence-corrected chi connectivity index (χ4v) is 3.62. The number of nitrogens with zero attached hydrogens (tertiary/aromatic N) is 3. The molecule has 5 heteroatoms. The van der Waals surface area contributed by atoms with Crippen LogP contribution in [-0.4, -0.2) is 78.5 Å². The van der Waals surface area contributed by atoms with Crippen molar-refractivity contribution in [1.29, 1.82) is 0 Å². The Labute approximate surface area is 123 Å². The van der Waals surface area contributed by atoms with Gasteiger partial charge in [0.1, 0.15) is 0 Å². The number of rotatable bonds is 6.